The average molecular weight is 439 g/mol. The normalized spacial score (nSPS) is 17.0. The summed E-state index contributed by atoms with van der Waals surface area (Å²) in [5.41, 5.74) is 6.20. The third-order valence-electron chi connectivity index (χ3n) is 5.89. The number of hydrogen-bond donors (Lipinski definition) is 2. The van der Waals surface area contributed by atoms with Crippen LogP contribution in [0.5, 0.6) is 0 Å². The maximum absolute atomic E-state index is 12.4. The number of nitriles is 1. The molecule has 166 valence electrons. The molecule has 0 radical (unpaired) electrons. The Balaban J connectivity index is 1.74. The lowest BCUT2D eigenvalue weighted by atomic mass is 9.88. The van der Waals surface area contributed by atoms with Crippen molar-refractivity contribution in [2.75, 3.05) is 15.5 Å². The first-order valence-electron chi connectivity index (χ1n) is 10.9. The predicted molar refractivity (Wildman–Crippen MR) is 131 cm³/mol. The van der Waals surface area contributed by atoms with Gasteiger partial charge in [-0.25, -0.2) is 0 Å². The van der Waals surface area contributed by atoms with Crippen LogP contribution in [0.3, 0.4) is 0 Å². The Kier molecular flexibility index (Phi) is 6.14. The third-order valence-corrected chi connectivity index (χ3v) is 5.89. The van der Waals surface area contributed by atoms with E-state index in [2.05, 4.69) is 29.7 Å². The molecule has 0 saturated carbocycles. The molecule has 6 nitrogen and oxygen atoms in total. The summed E-state index contributed by atoms with van der Waals surface area (Å²) in [5, 5.41) is 15.5. The van der Waals surface area contributed by atoms with Crippen molar-refractivity contribution in [1.82, 2.24) is 0 Å². The van der Waals surface area contributed by atoms with Crippen molar-refractivity contribution in [3.8, 4) is 17.2 Å². The minimum Gasteiger partial charge on any atom is -0.378 e. The van der Waals surface area contributed by atoms with Crippen molar-refractivity contribution < 1.29 is 9.59 Å². The summed E-state index contributed by atoms with van der Waals surface area (Å²) in [6.45, 7) is 5.14. The van der Waals surface area contributed by atoms with Crippen LogP contribution in [0, 0.1) is 11.3 Å². The lowest BCUT2D eigenvalue weighted by molar-refractivity contribution is -0.117. The third kappa shape index (κ3) is 4.73. The Bertz CT molecular complexity index is 1240. The van der Waals surface area contributed by atoms with Crippen LogP contribution in [-0.2, 0) is 9.59 Å². The van der Waals surface area contributed by atoms with Gasteiger partial charge in [0, 0.05) is 37.0 Å². The minimum atomic E-state index is -0.115. The molecule has 3 aromatic carbocycles. The lowest BCUT2D eigenvalue weighted by Gasteiger charge is -2.39. The van der Waals surface area contributed by atoms with Gasteiger partial charge >= 0.3 is 0 Å². The number of carbonyl (C=O) groups excluding carboxylic acids is 2. The molecule has 1 heterocycles. The molecule has 0 aliphatic carbocycles. The van der Waals surface area contributed by atoms with E-state index in [9.17, 15) is 9.59 Å². The Morgan fingerprint density at radius 1 is 0.970 bits per heavy atom. The predicted octanol–water partition coefficient (Wildman–Crippen LogP) is 5.48. The highest BCUT2D eigenvalue weighted by molar-refractivity contribution is 5.94. The Morgan fingerprint density at radius 2 is 1.70 bits per heavy atom. The number of nitrogens with zero attached hydrogens (tertiary/aromatic N) is 2. The molecule has 3 aromatic rings. The van der Waals surface area contributed by atoms with Gasteiger partial charge in [-0.05, 0) is 78.6 Å². The number of anilines is 3. The van der Waals surface area contributed by atoms with Crippen molar-refractivity contribution in [2.45, 2.75) is 39.3 Å². The second kappa shape index (κ2) is 9.17. The summed E-state index contributed by atoms with van der Waals surface area (Å²) in [4.78, 5) is 25.8. The highest BCUT2D eigenvalue weighted by Gasteiger charge is 2.32. The first-order valence-corrected chi connectivity index (χ1v) is 10.9. The SMILES string of the molecule is CC(=O)Nc1cccc(-c2ccc3c(c2)[C@H](Nc2ccc(C#N)cc2)C[C@H](C)N3C(C)=O)c1. The van der Waals surface area contributed by atoms with E-state index in [1.165, 1.54) is 6.92 Å². The maximum atomic E-state index is 12.4. The van der Waals surface area contributed by atoms with Gasteiger partial charge in [0.15, 0.2) is 0 Å². The van der Waals surface area contributed by atoms with Gasteiger partial charge in [0.25, 0.3) is 0 Å². The van der Waals surface area contributed by atoms with E-state index < -0.39 is 0 Å². The number of nitrogens with one attached hydrogen (secondary N) is 2. The van der Waals surface area contributed by atoms with Crippen LogP contribution in [0.2, 0.25) is 0 Å². The Morgan fingerprint density at radius 3 is 2.36 bits per heavy atom. The van der Waals surface area contributed by atoms with E-state index in [1.54, 1.807) is 19.1 Å². The molecule has 0 spiro atoms. The van der Waals surface area contributed by atoms with E-state index in [1.807, 2.05) is 53.4 Å². The van der Waals surface area contributed by atoms with Gasteiger partial charge in [-0.2, -0.15) is 5.26 Å². The molecule has 0 aromatic heterocycles. The van der Waals surface area contributed by atoms with E-state index in [0.717, 1.165) is 40.2 Å². The smallest absolute Gasteiger partial charge is 0.224 e. The summed E-state index contributed by atoms with van der Waals surface area (Å²) in [5.74, 6) is -0.101. The second-order valence-corrected chi connectivity index (χ2v) is 8.40. The standard InChI is InChI=1S/C27H26N4O2/c1-17-13-26(30-23-10-7-20(16-28)8-11-23)25-15-22(9-12-27(25)31(17)19(3)33)21-5-4-6-24(14-21)29-18(2)32/h4-12,14-15,17,26,30H,13H2,1-3H3,(H,29,32)/t17-,26+/m0/s1. The van der Waals surface area contributed by atoms with E-state index in [4.69, 9.17) is 5.26 Å². The first kappa shape index (κ1) is 22.1. The fraction of sp³-hybridized carbons (Fsp3) is 0.222. The molecule has 2 N–H and O–H groups in total. The number of benzene rings is 3. The number of hydrogen-bond acceptors (Lipinski definition) is 4. The molecule has 6 heteroatoms. The summed E-state index contributed by atoms with van der Waals surface area (Å²) < 4.78 is 0. The molecule has 1 aliphatic rings. The van der Waals surface area contributed by atoms with Crippen LogP contribution in [-0.4, -0.2) is 17.9 Å². The van der Waals surface area contributed by atoms with Gasteiger partial charge in [0.1, 0.15) is 0 Å². The molecule has 2 amide bonds. The summed E-state index contributed by atoms with van der Waals surface area (Å²) in [6, 6.07) is 23.4. The molecule has 0 bridgehead atoms. The van der Waals surface area contributed by atoms with Crippen LogP contribution in [0.1, 0.15) is 44.4 Å². The fourth-order valence-electron chi connectivity index (χ4n) is 4.48. The Hall–Kier alpha value is -4.11. The topological polar surface area (TPSA) is 85.2 Å². The van der Waals surface area contributed by atoms with Crippen LogP contribution in [0.15, 0.2) is 66.7 Å². The average Bonchev–Trinajstić information content (AvgIpc) is 2.79. The quantitative estimate of drug-likeness (QED) is 0.565. The molecule has 1 aliphatic heterocycles. The van der Waals surface area contributed by atoms with Gasteiger partial charge in [-0.15, -0.1) is 0 Å². The van der Waals surface area contributed by atoms with Gasteiger partial charge in [0.05, 0.1) is 17.7 Å². The molecule has 0 saturated heterocycles. The summed E-state index contributed by atoms with van der Waals surface area (Å²) >= 11 is 0. The number of amides is 2. The van der Waals surface area contributed by atoms with E-state index >= 15 is 0 Å². The van der Waals surface area contributed by atoms with Crippen LogP contribution in [0.25, 0.3) is 11.1 Å². The van der Waals surface area contributed by atoms with Crippen LogP contribution in [0.4, 0.5) is 17.1 Å². The zero-order chi connectivity index (χ0) is 23.5. The van der Waals surface area contributed by atoms with Gasteiger partial charge in [-0.3, -0.25) is 9.59 Å². The van der Waals surface area contributed by atoms with Crippen molar-refractivity contribution in [3.05, 3.63) is 77.9 Å². The van der Waals surface area contributed by atoms with Crippen LogP contribution >= 0.6 is 0 Å². The van der Waals surface area contributed by atoms with E-state index in [-0.39, 0.29) is 23.9 Å². The maximum Gasteiger partial charge on any atom is 0.224 e. The number of fused-ring (bicyclic) bond motifs is 1. The Labute approximate surface area is 193 Å². The zero-order valence-electron chi connectivity index (χ0n) is 18.9. The zero-order valence-corrected chi connectivity index (χ0v) is 18.9. The molecular formula is C27H26N4O2. The van der Waals surface area contributed by atoms with Crippen molar-refractivity contribution in [2.24, 2.45) is 0 Å². The van der Waals surface area contributed by atoms with Crippen molar-refractivity contribution >= 4 is 28.9 Å². The largest absolute Gasteiger partial charge is 0.378 e. The molecule has 4 rings (SSSR count). The monoisotopic (exact) mass is 438 g/mol. The van der Waals surface area contributed by atoms with Gasteiger partial charge in [0.2, 0.25) is 11.8 Å². The second-order valence-electron chi connectivity index (χ2n) is 8.40. The van der Waals surface area contributed by atoms with Gasteiger partial charge < -0.3 is 15.5 Å². The highest BCUT2D eigenvalue weighted by atomic mass is 16.2. The molecule has 2 atom stereocenters. The molecule has 0 unspecified atom stereocenters. The van der Waals surface area contributed by atoms with Gasteiger partial charge in [-0.1, -0.05) is 18.2 Å². The highest BCUT2D eigenvalue weighted by Crippen LogP contribution is 2.41. The van der Waals surface area contributed by atoms with Crippen molar-refractivity contribution in [1.29, 1.82) is 5.26 Å². The van der Waals surface area contributed by atoms with Crippen LogP contribution < -0.4 is 15.5 Å². The molecule has 33 heavy (non-hydrogen) atoms. The number of rotatable bonds is 4. The lowest BCUT2D eigenvalue weighted by Crippen LogP contribution is -2.43. The molecule has 0 fully saturated rings. The summed E-state index contributed by atoms with van der Waals surface area (Å²) in [7, 11) is 0. The fourth-order valence-corrected chi connectivity index (χ4v) is 4.48. The van der Waals surface area contributed by atoms with Crippen molar-refractivity contribution in [3.63, 3.8) is 0 Å². The summed E-state index contributed by atoms with van der Waals surface area (Å²) in [6.07, 6.45) is 0.752. The number of carbonyl (C=O) groups is 2. The molecular weight excluding hydrogens is 412 g/mol. The van der Waals surface area contributed by atoms with E-state index in [0.29, 0.717) is 5.56 Å². The first-order chi connectivity index (χ1) is 15.9. The minimum absolute atomic E-state index is 0.00277.